The van der Waals surface area contributed by atoms with E-state index in [1.54, 1.807) is 36.7 Å². The zero-order chi connectivity index (χ0) is 13.5. The van der Waals surface area contributed by atoms with Crippen LogP contribution in [0.2, 0.25) is 0 Å². The summed E-state index contributed by atoms with van der Waals surface area (Å²) in [5.74, 6) is -0.380. The van der Waals surface area contributed by atoms with E-state index in [9.17, 15) is 9.90 Å². The van der Waals surface area contributed by atoms with Crippen LogP contribution in [0.25, 0.3) is 0 Å². The highest BCUT2D eigenvalue weighted by Crippen LogP contribution is 2.11. The Morgan fingerprint density at radius 2 is 2.00 bits per heavy atom. The van der Waals surface area contributed by atoms with Crippen LogP contribution in [0.5, 0.6) is 0 Å². The van der Waals surface area contributed by atoms with Crippen molar-refractivity contribution in [3.63, 3.8) is 0 Å². The highest BCUT2D eigenvalue weighted by molar-refractivity contribution is 5.81. The number of aliphatic hydroxyl groups is 1. The van der Waals surface area contributed by atoms with Crippen molar-refractivity contribution in [3.05, 3.63) is 66.0 Å². The molecule has 0 fully saturated rings. The largest absolute Gasteiger partial charge is 0.378 e. The molecule has 0 radical (unpaired) electrons. The first-order chi connectivity index (χ1) is 9.27. The average Bonchev–Trinajstić information content (AvgIpc) is 2.48. The van der Waals surface area contributed by atoms with E-state index in [0.29, 0.717) is 18.5 Å². The second kappa shape index (κ2) is 6.66. The van der Waals surface area contributed by atoms with E-state index in [0.717, 1.165) is 5.56 Å². The molecule has 4 heteroatoms. The highest BCUT2D eigenvalue weighted by Gasteiger charge is 2.15. The predicted octanol–water partition coefficient (Wildman–Crippen LogP) is 1.47. The summed E-state index contributed by atoms with van der Waals surface area (Å²) in [6.45, 7) is 0.481. The number of nitrogens with one attached hydrogen (secondary N) is 1. The summed E-state index contributed by atoms with van der Waals surface area (Å²) in [5.41, 5.74) is 1.65. The maximum Gasteiger partial charge on any atom is 0.253 e. The van der Waals surface area contributed by atoms with Crippen molar-refractivity contribution in [1.82, 2.24) is 10.3 Å². The Labute approximate surface area is 112 Å². The fraction of sp³-hybridized carbons (Fsp3) is 0.200. The van der Waals surface area contributed by atoms with Crippen LogP contribution in [-0.2, 0) is 11.2 Å². The van der Waals surface area contributed by atoms with Crippen molar-refractivity contribution >= 4 is 5.91 Å². The Morgan fingerprint density at radius 1 is 1.21 bits per heavy atom. The molecule has 4 nitrogen and oxygen atoms in total. The van der Waals surface area contributed by atoms with Crippen LogP contribution >= 0.6 is 0 Å². The standard InChI is InChI=1S/C15H16N2O2/c18-14(13-6-2-1-3-7-13)15(19)17-10-8-12-5-4-9-16-11-12/h1-7,9,11,14,18H,8,10H2,(H,17,19). The lowest BCUT2D eigenvalue weighted by Gasteiger charge is -2.11. The second-order valence-electron chi connectivity index (χ2n) is 4.22. The van der Waals surface area contributed by atoms with Gasteiger partial charge in [0.15, 0.2) is 6.10 Å². The topological polar surface area (TPSA) is 62.2 Å². The first-order valence-corrected chi connectivity index (χ1v) is 6.17. The summed E-state index contributed by atoms with van der Waals surface area (Å²) >= 11 is 0. The summed E-state index contributed by atoms with van der Waals surface area (Å²) in [4.78, 5) is 15.8. The number of hydrogen-bond donors (Lipinski definition) is 2. The molecule has 19 heavy (non-hydrogen) atoms. The summed E-state index contributed by atoms with van der Waals surface area (Å²) in [5, 5.41) is 12.6. The molecule has 0 aliphatic heterocycles. The Hall–Kier alpha value is -2.20. The Balaban J connectivity index is 1.82. The zero-order valence-corrected chi connectivity index (χ0v) is 10.5. The smallest absolute Gasteiger partial charge is 0.253 e. The molecule has 0 aliphatic carbocycles. The van der Waals surface area contributed by atoms with Crippen molar-refractivity contribution in [3.8, 4) is 0 Å². The zero-order valence-electron chi connectivity index (χ0n) is 10.5. The summed E-state index contributed by atoms with van der Waals surface area (Å²) in [6, 6.07) is 12.7. The maximum absolute atomic E-state index is 11.8. The minimum atomic E-state index is -1.12. The molecule has 2 N–H and O–H groups in total. The maximum atomic E-state index is 11.8. The lowest BCUT2D eigenvalue weighted by Crippen LogP contribution is -2.30. The van der Waals surface area contributed by atoms with Gasteiger partial charge in [-0.15, -0.1) is 0 Å². The molecule has 1 aromatic carbocycles. The van der Waals surface area contributed by atoms with Gasteiger partial charge in [-0.25, -0.2) is 0 Å². The molecule has 0 saturated heterocycles. The van der Waals surface area contributed by atoms with Crippen LogP contribution in [0.3, 0.4) is 0 Å². The molecular weight excluding hydrogens is 240 g/mol. The molecule has 1 amide bonds. The van der Waals surface area contributed by atoms with Crippen LogP contribution in [0.15, 0.2) is 54.9 Å². The van der Waals surface area contributed by atoms with Crippen LogP contribution in [-0.4, -0.2) is 22.5 Å². The molecule has 0 aliphatic rings. The second-order valence-corrected chi connectivity index (χ2v) is 4.22. The average molecular weight is 256 g/mol. The van der Waals surface area contributed by atoms with Crippen LogP contribution in [0, 0.1) is 0 Å². The third-order valence-corrected chi connectivity index (χ3v) is 2.80. The monoisotopic (exact) mass is 256 g/mol. The summed E-state index contributed by atoms with van der Waals surface area (Å²) in [7, 11) is 0. The lowest BCUT2D eigenvalue weighted by molar-refractivity contribution is -0.129. The first-order valence-electron chi connectivity index (χ1n) is 6.17. The number of benzene rings is 1. The van der Waals surface area contributed by atoms with E-state index < -0.39 is 6.10 Å². The number of carbonyl (C=O) groups is 1. The van der Waals surface area contributed by atoms with Crippen LogP contribution in [0.1, 0.15) is 17.2 Å². The van der Waals surface area contributed by atoms with Gasteiger partial charge in [-0.1, -0.05) is 36.4 Å². The van der Waals surface area contributed by atoms with Crippen LogP contribution < -0.4 is 5.32 Å². The summed E-state index contributed by atoms with van der Waals surface area (Å²) < 4.78 is 0. The molecule has 2 rings (SSSR count). The number of nitrogens with zero attached hydrogens (tertiary/aromatic N) is 1. The fourth-order valence-electron chi connectivity index (χ4n) is 1.76. The molecule has 0 saturated carbocycles. The third kappa shape index (κ3) is 3.89. The van der Waals surface area contributed by atoms with Gasteiger partial charge < -0.3 is 10.4 Å². The Bertz CT molecular complexity index is 514. The Kier molecular flexibility index (Phi) is 4.64. The summed E-state index contributed by atoms with van der Waals surface area (Å²) in [6.07, 6.45) is 3.05. The van der Waals surface area contributed by atoms with E-state index >= 15 is 0 Å². The van der Waals surface area contributed by atoms with E-state index in [1.807, 2.05) is 18.2 Å². The molecule has 1 heterocycles. The van der Waals surface area contributed by atoms with E-state index in [2.05, 4.69) is 10.3 Å². The minimum Gasteiger partial charge on any atom is -0.378 e. The van der Waals surface area contributed by atoms with Crippen molar-refractivity contribution in [2.24, 2.45) is 0 Å². The van der Waals surface area contributed by atoms with Crippen molar-refractivity contribution in [1.29, 1.82) is 0 Å². The number of pyridine rings is 1. The van der Waals surface area contributed by atoms with Gasteiger partial charge in [-0.3, -0.25) is 9.78 Å². The number of carbonyl (C=O) groups excluding carboxylic acids is 1. The van der Waals surface area contributed by atoms with Crippen LogP contribution in [0.4, 0.5) is 0 Å². The predicted molar refractivity (Wildman–Crippen MR) is 72.4 cm³/mol. The van der Waals surface area contributed by atoms with Crippen molar-refractivity contribution in [2.45, 2.75) is 12.5 Å². The van der Waals surface area contributed by atoms with E-state index in [-0.39, 0.29) is 5.91 Å². The normalized spacial score (nSPS) is 11.8. The fourth-order valence-corrected chi connectivity index (χ4v) is 1.76. The van der Waals surface area contributed by atoms with Gasteiger partial charge in [0.25, 0.3) is 5.91 Å². The minimum absolute atomic E-state index is 0.380. The Morgan fingerprint density at radius 3 is 2.68 bits per heavy atom. The highest BCUT2D eigenvalue weighted by atomic mass is 16.3. The van der Waals surface area contributed by atoms with Gasteiger partial charge in [0.1, 0.15) is 0 Å². The number of aromatic nitrogens is 1. The van der Waals surface area contributed by atoms with Gasteiger partial charge in [-0.2, -0.15) is 0 Å². The molecule has 0 spiro atoms. The lowest BCUT2D eigenvalue weighted by atomic mass is 10.1. The molecule has 1 aromatic heterocycles. The molecule has 1 atom stereocenters. The molecule has 98 valence electrons. The van der Waals surface area contributed by atoms with Gasteiger partial charge in [0.05, 0.1) is 0 Å². The van der Waals surface area contributed by atoms with Gasteiger partial charge in [-0.05, 0) is 23.6 Å². The molecule has 1 unspecified atom stereocenters. The van der Waals surface area contributed by atoms with Crippen molar-refractivity contribution in [2.75, 3.05) is 6.54 Å². The molecule has 2 aromatic rings. The number of rotatable bonds is 5. The van der Waals surface area contributed by atoms with Gasteiger partial charge in [0, 0.05) is 18.9 Å². The number of amides is 1. The van der Waals surface area contributed by atoms with E-state index in [1.165, 1.54) is 0 Å². The molecule has 0 bridgehead atoms. The number of hydrogen-bond acceptors (Lipinski definition) is 3. The number of aliphatic hydroxyl groups excluding tert-OH is 1. The SMILES string of the molecule is O=C(NCCc1cccnc1)C(O)c1ccccc1. The molecular formula is C15H16N2O2. The van der Waals surface area contributed by atoms with Gasteiger partial charge >= 0.3 is 0 Å². The third-order valence-electron chi connectivity index (χ3n) is 2.80. The van der Waals surface area contributed by atoms with E-state index in [4.69, 9.17) is 0 Å². The van der Waals surface area contributed by atoms with Crippen molar-refractivity contribution < 1.29 is 9.90 Å². The van der Waals surface area contributed by atoms with Gasteiger partial charge in [0.2, 0.25) is 0 Å². The first kappa shape index (κ1) is 13.2. The quantitative estimate of drug-likeness (QED) is 0.851.